The fourth-order valence-corrected chi connectivity index (χ4v) is 3.45. The molecule has 0 unspecified atom stereocenters. The summed E-state index contributed by atoms with van der Waals surface area (Å²) in [5, 5.41) is 9.43. The second kappa shape index (κ2) is 6.87. The number of aryl methyl sites for hydroxylation is 2. The van der Waals surface area contributed by atoms with Crippen molar-refractivity contribution in [2.24, 2.45) is 0 Å². The smallest absolute Gasteiger partial charge is 0.326 e. The predicted molar refractivity (Wildman–Crippen MR) is 94.3 cm³/mol. The Morgan fingerprint density at radius 2 is 2.20 bits per heavy atom. The molecule has 0 atom stereocenters. The number of nitrogens with zero attached hydrogens (tertiary/aromatic N) is 3. The maximum atomic E-state index is 12.5. The van der Waals surface area contributed by atoms with Crippen molar-refractivity contribution >= 4 is 27.5 Å². The lowest BCUT2D eigenvalue weighted by molar-refractivity contribution is -0.145. The van der Waals surface area contributed by atoms with Gasteiger partial charge in [0.1, 0.15) is 18.0 Å². The van der Waals surface area contributed by atoms with E-state index in [2.05, 4.69) is 4.98 Å². The van der Waals surface area contributed by atoms with E-state index in [0.717, 1.165) is 16.0 Å². The van der Waals surface area contributed by atoms with Gasteiger partial charge in [0.05, 0.1) is 23.3 Å². The van der Waals surface area contributed by atoms with Crippen LogP contribution < -0.4 is 5.56 Å². The highest BCUT2D eigenvalue weighted by atomic mass is 32.1. The Bertz CT molecular complexity index is 1060. The summed E-state index contributed by atoms with van der Waals surface area (Å²) < 4.78 is 6.46. The van der Waals surface area contributed by atoms with Crippen molar-refractivity contribution in [3.63, 3.8) is 0 Å². The lowest BCUT2D eigenvalue weighted by Crippen LogP contribution is -2.25. The van der Waals surface area contributed by atoms with Gasteiger partial charge in [-0.2, -0.15) is 5.26 Å². The quantitative estimate of drug-likeness (QED) is 0.673. The number of fused-ring (bicyclic) bond motifs is 1. The SMILES string of the molecule is Cc1sc2ncn(CC(=O)OCc3cccc(C#N)c3)c(=O)c2c1C. The maximum Gasteiger partial charge on any atom is 0.326 e. The van der Waals surface area contributed by atoms with E-state index in [9.17, 15) is 9.59 Å². The van der Waals surface area contributed by atoms with Gasteiger partial charge in [-0.1, -0.05) is 12.1 Å². The second-order valence-corrected chi connectivity index (χ2v) is 6.82. The Hall–Kier alpha value is -2.98. The summed E-state index contributed by atoms with van der Waals surface area (Å²) in [6.45, 7) is 3.67. The van der Waals surface area contributed by atoms with E-state index in [1.54, 1.807) is 24.3 Å². The monoisotopic (exact) mass is 353 g/mol. The number of carbonyl (C=O) groups is 1. The number of hydrogen-bond acceptors (Lipinski definition) is 6. The first kappa shape index (κ1) is 16.9. The van der Waals surface area contributed by atoms with Gasteiger partial charge in [-0.25, -0.2) is 4.98 Å². The van der Waals surface area contributed by atoms with E-state index in [1.807, 2.05) is 19.9 Å². The molecule has 7 heteroatoms. The number of carbonyl (C=O) groups excluding carboxylic acids is 1. The molecule has 3 aromatic rings. The Balaban J connectivity index is 1.74. The Morgan fingerprint density at radius 1 is 1.40 bits per heavy atom. The van der Waals surface area contributed by atoms with Gasteiger partial charge < -0.3 is 4.74 Å². The van der Waals surface area contributed by atoms with Crippen LogP contribution in [0.2, 0.25) is 0 Å². The van der Waals surface area contributed by atoms with E-state index in [0.29, 0.717) is 15.8 Å². The van der Waals surface area contributed by atoms with Crippen LogP contribution in [0, 0.1) is 25.2 Å². The van der Waals surface area contributed by atoms with Gasteiger partial charge in [0.25, 0.3) is 5.56 Å². The maximum absolute atomic E-state index is 12.5. The third-order valence-electron chi connectivity index (χ3n) is 3.91. The van der Waals surface area contributed by atoms with Gasteiger partial charge in [-0.15, -0.1) is 11.3 Å². The number of ether oxygens (including phenoxy) is 1. The summed E-state index contributed by atoms with van der Waals surface area (Å²) in [6, 6.07) is 8.87. The van der Waals surface area contributed by atoms with Gasteiger partial charge in [0.2, 0.25) is 0 Å². The number of thiophene rings is 1. The van der Waals surface area contributed by atoms with Crippen LogP contribution in [0.15, 0.2) is 35.4 Å². The number of rotatable bonds is 4. The average Bonchev–Trinajstić information content (AvgIpc) is 2.91. The number of nitriles is 1. The van der Waals surface area contributed by atoms with E-state index >= 15 is 0 Å². The number of benzene rings is 1. The minimum atomic E-state index is -0.532. The predicted octanol–water partition coefficient (Wildman–Crippen LogP) is 2.69. The fraction of sp³-hybridized carbons (Fsp3) is 0.222. The standard InChI is InChI=1S/C18H15N3O3S/c1-11-12(2)25-17-16(11)18(23)21(10-20-17)8-15(22)24-9-14-5-3-4-13(6-14)7-19/h3-6,10H,8-9H2,1-2H3. The molecule has 0 aliphatic heterocycles. The van der Waals surface area contributed by atoms with Crippen LogP contribution in [-0.4, -0.2) is 15.5 Å². The van der Waals surface area contributed by atoms with Crippen LogP contribution in [0.4, 0.5) is 0 Å². The molecule has 0 saturated carbocycles. The van der Waals surface area contributed by atoms with Crippen LogP contribution in [-0.2, 0) is 22.7 Å². The van der Waals surface area contributed by atoms with Gasteiger partial charge in [-0.05, 0) is 37.1 Å². The third-order valence-corrected chi connectivity index (χ3v) is 5.03. The van der Waals surface area contributed by atoms with E-state index < -0.39 is 5.97 Å². The van der Waals surface area contributed by atoms with E-state index in [-0.39, 0.29) is 18.7 Å². The van der Waals surface area contributed by atoms with Crippen molar-refractivity contribution in [3.05, 3.63) is 62.5 Å². The van der Waals surface area contributed by atoms with Crippen LogP contribution in [0.5, 0.6) is 0 Å². The van der Waals surface area contributed by atoms with Crippen LogP contribution in [0.1, 0.15) is 21.6 Å². The van der Waals surface area contributed by atoms with Crippen LogP contribution in [0.3, 0.4) is 0 Å². The molecular formula is C18H15N3O3S. The number of hydrogen-bond donors (Lipinski definition) is 0. The van der Waals surface area contributed by atoms with E-state index in [4.69, 9.17) is 10.00 Å². The third kappa shape index (κ3) is 3.44. The molecule has 0 N–H and O–H groups in total. The molecule has 1 aromatic carbocycles. The molecule has 25 heavy (non-hydrogen) atoms. The first-order valence-corrected chi connectivity index (χ1v) is 8.41. The Kier molecular flexibility index (Phi) is 4.63. The zero-order valence-electron chi connectivity index (χ0n) is 13.8. The Labute approximate surface area is 147 Å². The number of esters is 1. The molecule has 0 spiro atoms. The summed E-state index contributed by atoms with van der Waals surface area (Å²) in [5.74, 6) is -0.532. The zero-order chi connectivity index (χ0) is 18.0. The lowest BCUT2D eigenvalue weighted by atomic mass is 10.1. The molecule has 6 nitrogen and oxygen atoms in total. The van der Waals surface area contributed by atoms with Gasteiger partial charge in [0.15, 0.2) is 0 Å². The van der Waals surface area contributed by atoms with Crippen LogP contribution >= 0.6 is 11.3 Å². The fourth-order valence-electron chi connectivity index (χ4n) is 2.46. The van der Waals surface area contributed by atoms with Gasteiger partial charge in [0, 0.05) is 4.88 Å². The highest BCUT2D eigenvalue weighted by Crippen LogP contribution is 2.25. The summed E-state index contributed by atoms with van der Waals surface area (Å²) >= 11 is 1.46. The zero-order valence-corrected chi connectivity index (χ0v) is 14.6. The lowest BCUT2D eigenvalue weighted by Gasteiger charge is -2.07. The topological polar surface area (TPSA) is 85.0 Å². The molecule has 2 aromatic heterocycles. The summed E-state index contributed by atoms with van der Waals surface area (Å²) in [6.07, 6.45) is 1.37. The van der Waals surface area contributed by atoms with Crippen molar-refractivity contribution in [1.82, 2.24) is 9.55 Å². The second-order valence-electron chi connectivity index (χ2n) is 5.61. The minimum absolute atomic E-state index is 0.0510. The molecule has 0 amide bonds. The van der Waals surface area contributed by atoms with Crippen molar-refractivity contribution in [3.8, 4) is 6.07 Å². The molecule has 0 bridgehead atoms. The average molecular weight is 353 g/mol. The molecule has 0 fully saturated rings. The highest BCUT2D eigenvalue weighted by molar-refractivity contribution is 7.18. The first-order valence-electron chi connectivity index (χ1n) is 7.59. The van der Waals surface area contributed by atoms with Crippen molar-refractivity contribution in [1.29, 1.82) is 5.26 Å². The molecular weight excluding hydrogens is 338 g/mol. The molecule has 2 heterocycles. The normalized spacial score (nSPS) is 10.6. The molecule has 0 radical (unpaired) electrons. The molecule has 3 rings (SSSR count). The van der Waals surface area contributed by atoms with Gasteiger partial charge >= 0.3 is 5.97 Å². The summed E-state index contributed by atoms with van der Waals surface area (Å²) in [4.78, 5) is 30.6. The molecule has 126 valence electrons. The van der Waals surface area contributed by atoms with Crippen LogP contribution in [0.25, 0.3) is 10.2 Å². The van der Waals surface area contributed by atoms with Gasteiger partial charge in [-0.3, -0.25) is 14.2 Å². The minimum Gasteiger partial charge on any atom is -0.459 e. The van der Waals surface area contributed by atoms with Crippen molar-refractivity contribution in [2.45, 2.75) is 27.0 Å². The first-order chi connectivity index (χ1) is 12.0. The van der Waals surface area contributed by atoms with Crippen molar-refractivity contribution < 1.29 is 9.53 Å². The molecule has 0 aliphatic rings. The number of aromatic nitrogens is 2. The largest absolute Gasteiger partial charge is 0.459 e. The molecule has 0 aliphatic carbocycles. The van der Waals surface area contributed by atoms with E-state index in [1.165, 1.54) is 22.2 Å². The molecule has 0 saturated heterocycles. The van der Waals surface area contributed by atoms with Crippen molar-refractivity contribution in [2.75, 3.05) is 0 Å². The highest BCUT2D eigenvalue weighted by Gasteiger charge is 2.14. The summed E-state index contributed by atoms with van der Waals surface area (Å²) in [7, 11) is 0. The Morgan fingerprint density at radius 3 is 2.96 bits per heavy atom. The summed E-state index contributed by atoms with van der Waals surface area (Å²) in [5.41, 5.74) is 1.88.